The number of furan rings is 1. The molecule has 1 aromatic carbocycles. The molecule has 26 heavy (non-hydrogen) atoms. The van der Waals surface area contributed by atoms with Gasteiger partial charge in [-0.15, -0.1) is 0 Å². The van der Waals surface area contributed by atoms with Gasteiger partial charge in [-0.3, -0.25) is 9.89 Å². The monoisotopic (exact) mass is 358 g/mol. The minimum atomic E-state index is 0.462. The minimum Gasteiger partial charge on any atom is -0.459 e. The lowest BCUT2D eigenvalue weighted by atomic mass is 10.0. The summed E-state index contributed by atoms with van der Waals surface area (Å²) in [5.74, 6) is 2.26. The van der Waals surface area contributed by atoms with Crippen LogP contribution in [0.15, 0.2) is 39.7 Å². The van der Waals surface area contributed by atoms with Crippen LogP contribution in [0.5, 0.6) is 0 Å². The maximum absolute atomic E-state index is 5.85. The van der Waals surface area contributed by atoms with Crippen molar-refractivity contribution < 1.29 is 9.15 Å². The Morgan fingerprint density at radius 3 is 2.65 bits per heavy atom. The van der Waals surface area contributed by atoms with Crippen LogP contribution in [0.1, 0.15) is 19.6 Å². The average Bonchev–Trinajstić information content (AvgIpc) is 3.08. The topological polar surface area (TPSA) is 62.0 Å². The Morgan fingerprint density at radius 2 is 1.96 bits per heavy atom. The number of guanidine groups is 1. The molecule has 1 atom stereocenters. The first-order valence-electron chi connectivity index (χ1n) is 9.41. The summed E-state index contributed by atoms with van der Waals surface area (Å²) < 4.78 is 11.3. The SMILES string of the molecule is CN=C(NCc1cc2ccccc2o1)NCC(C(C)C)N1CCOCC1. The number of hydrogen-bond donors (Lipinski definition) is 2. The minimum absolute atomic E-state index is 0.462. The van der Waals surface area contributed by atoms with E-state index in [1.807, 2.05) is 18.2 Å². The zero-order valence-electron chi connectivity index (χ0n) is 16.0. The fraction of sp³-hybridized carbons (Fsp3) is 0.550. The summed E-state index contributed by atoms with van der Waals surface area (Å²) in [4.78, 5) is 6.85. The summed E-state index contributed by atoms with van der Waals surface area (Å²) in [6.45, 7) is 9.64. The van der Waals surface area contributed by atoms with E-state index in [2.05, 4.69) is 46.5 Å². The molecule has 1 aliphatic heterocycles. The van der Waals surface area contributed by atoms with Crippen LogP contribution >= 0.6 is 0 Å². The van der Waals surface area contributed by atoms with Gasteiger partial charge in [0, 0.05) is 38.1 Å². The quantitative estimate of drug-likeness (QED) is 0.614. The molecule has 0 bridgehead atoms. The van der Waals surface area contributed by atoms with Crippen LogP contribution in [0.4, 0.5) is 0 Å². The summed E-state index contributed by atoms with van der Waals surface area (Å²) in [6, 6.07) is 10.6. The van der Waals surface area contributed by atoms with E-state index in [1.54, 1.807) is 7.05 Å². The van der Waals surface area contributed by atoms with Gasteiger partial charge in [-0.25, -0.2) is 0 Å². The van der Waals surface area contributed by atoms with Crippen molar-refractivity contribution in [1.29, 1.82) is 0 Å². The van der Waals surface area contributed by atoms with Crippen LogP contribution in [0.25, 0.3) is 11.0 Å². The number of aliphatic imine (C=N–C) groups is 1. The highest BCUT2D eigenvalue weighted by atomic mass is 16.5. The van der Waals surface area contributed by atoms with E-state index in [4.69, 9.17) is 9.15 Å². The number of morpholine rings is 1. The van der Waals surface area contributed by atoms with E-state index in [0.717, 1.165) is 55.5 Å². The van der Waals surface area contributed by atoms with Gasteiger partial charge in [-0.05, 0) is 18.1 Å². The Morgan fingerprint density at radius 1 is 1.19 bits per heavy atom. The lowest BCUT2D eigenvalue weighted by molar-refractivity contribution is 0.00752. The zero-order valence-corrected chi connectivity index (χ0v) is 16.0. The lowest BCUT2D eigenvalue weighted by Gasteiger charge is -2.37. The summed E-state index contributed by atoms with van der Waals surface area (Å²) in [5.41, 5.74) is 0.916. The highest BCUT2D eigenvalue weighted by Crippen LogP contribution is 2.18. The van der Waals surface area contributed by atoms with Crippen molar-refractivity contribution in [3.63, 3.8) is 0 Å². The van der Waals surface area contributed by atoms with Crippen LogP contribution < -0.4 is 10.6 Å². The van der Waals surface area contributed by atoms with Crippen molar-refractivity contribution in [1.82, 2.24) is 15.5 Å². The van der Waals surface area contributed by atoms with Gasteiger partial charge in [0.15, 0.2) is 5.96 Å². The van der Waals surface area contributed by atoms with Gasteiger partial charge in [-0.2, -0.15) is 0 Å². The summed E-state index contributed by atoms with van der Waals surface area (Å²) >= 11 is 0. The van der Waals surface area contributed by atoms with Gasteiger partial charge >= 0.3 is 0 Å². The highest BCUT2D eigenvalue weighted by molar-refractivity contribution is 5.80. The van der Waals surface area contributed by atoms with Gasteiger partial charge in [0.2, 0.25) is 0 Å². The molecule has 2 N–H and O–H groups in total. The van der Waals surface area contributed by atoms with Crippen molar-refractivity contribution in [2.75, 3.05) is 39.9 Å². The number of hydrogen-bond acceptors (Lipinski definition) is 4. The molecular weight excluding hydrogens is 328 g/mol. The number of ether oxygens (including phenoxy) is 1. The van der Waals surface area contributed by atoms with Crippen molar-refractivity contribution >= 4 is 16.9 Å². The second-order valence-corrected chi connectivity index (χ2v) is 7.02. The van der Waals surface area contributed by atoms with Gasteiger partial charge < -0.3 is 19.8 Å². The van der Waals surface area contributed by atoms with E-state index in [1.165, 1.54) is 0 Å². The molecule has 1 fully saturated rings. The van der Waals surface area contributed by atoms with Gasteiger partial charge in [0.1, 0.15) is 11.3 Å². The van der Waals surface area contributed by atoms with Crippen LogP contribution in [0, 0.1) is 5.92 Å². The normalized spacial score (nSPS) is 17.6. The van der Waals surface area contributed by atoms with Crippen molar-refractivity contribution in [3.05, 3.63) is 36.1 Å². The van der Waals surface area contributed by atoms with E-state index < -0.39 is 0 Å². The van der Waals surface area contributed by atoms with Gasteiger partial charge in [0.05, 0.1) is 19.8 Å². The average molecular weight is 358 g/mol. The number of nitrogens with zero attached hydrogens (tertiary/aromatic N) is 2. The molecule has 1 aromatic heterocycles. The molecule has 3 rings (SSSR count). The summed E-state index contributed by atoms with van der Waals surface area (Å²) in [5, 5.41) is 7.94. The van der Waals surface area contributed by atoms with Gasteiger partial charge in [-0.1, -0.05) is 32.0 Å². The summed E-state index contributed by atoms with van der Waals surface area (Å²) in [7, 11) is 1.80. The maximum atomic E-state index is 5.85. The molecule has 0 aliphatic carbocycles. The predicted molar refractivity (Wildman–Crippen MR) is 105 cm³/mol. The molecular formula is C20H30N4O2. The second-order valence-electron chi connectivity index (χ2n) is 7.02. The Kier molecular flexibility index (Phi) is 6.52. The Balaban J connectivity index is 1.53. The zero-order chi connectivity index (χ0) is 18.4. The largest absolute Gasteiger partial charge is 0.459 e. The summed E-state index contributed by atoms with van der Waals surface area (Å²) in [6.07, 6.45) is 0. The van der Waals surface area contributed by atoms with Gasteiger partial charge in [0.25, 0.3) is 0 Å². The third kappa shape index (κ3) is 4.77. The molecule has 0 amide bonds. The first-order valence-corrected chi connectivity index (χ1v) is 9.41. The van der Waals surface area contributed by atoms with Crippen LogP contribution in [-0.4, -0.2) is 56.8 Å². The standard InChI is InChI=1S/C20H30N4O2/c1-15(2)18(24-8-10-25-11-9-24)14-23-20(21-3)22-13-17-12-16-6-4-5-7-19(16)26-17/h4-7,12,15,18H,8-11,13-14H2,1-3H3,(H2,21,22,23). The van der Waals surface area contributed by atoms with E-state index >= 15 is 0 Å². The molecule has 0 saturated carbocycles. The number of fused-ring (bicyclic) bond motifs is 1. The Labute approximate surface area is 155 Å². The molecule has 2 aromatic rings. The Hall–Kier alpha value is -2.05. The number of nitrogens with one attached hydrogen (secondary N) is 2. The van der Waals surface area contributed by atoms with Crippen molar-refractivity contribution in [3.8, 4) is 0 Å². The van der Waals surface area contributed by atoms with Crippen LogP contribution in [-0.2, 0) is 11.3 Å². The molecule has 142 valence electrons. The first-order chi connectivity index (χ1) is 12.7. The third-order valence-corrected chi connectivity index (χ3v) is 4.89. The maximum Gasteiger partial charge on any atom is 0.191 e. The van der Waals surface area contributed by atoms with E-state index in [9.17, 15) is 0 Å². The molecule has 1 aliphatic rings. The Bertz CT molecular complexity index is 686. The smallest absolute Gasteiger partial charge is 0.191 e. The van der Waals surface area contributed by atoms with E-state index in [-0.39, 0.29) is 0 Å². The lowest BCUT2D eigenvalue weighted by Crippen LogP contribution is -2.52. The molecule has 1 unspecified atom stereocenters. The fourth-order valence-corrected chi connectivity index (χ4v) is 3.41. The molecule has 0 radical (unpaired) electrons. The molecule has 1 saturated heterocycles. The number of rotatable bonds is 6. The third-order valence-electron chi connectivity index (χ3n) is 4.89. The van der Waals surface area contributed by atoms with Crippen LogP contribution in [0.3, 0.4) is 0 Å². The first kappa shape index (κ1) is 18.7. The highest BCUT2D eigenvalue weighted by Gasteiger charge is 2.23. The molecule has 2 heterocycles. The fourth-order valence-electron chi connectivity index (χ4n) is 3.41. The second kappa shape index (κ2) is 9.05. The number of para-hydroxylation sites is 1. The van der Waals surface area contributed by atoms with Crippen molar-refractivity contribution in [2.45, 2.75) is 26.4 Å². The number of benzene rings is 1. The van der Waals surface area contributed by atoms with E-state index in [0.29, 0.717) is 18.5 Å². The van der Waals surface area contributed by atoms with Crippen LogP contribution in [0.2, 0.25) is 0 Å². The molecule has 6 nitrogen and oxygen atoms in total. The molecule has 6 heteroatoms. The predicted octanol–water partition coefficient (Wildman–Crippen LogP) is 2.45. The van der Waals surface area contributed by atoms with Crippen molar-refractivity contribution in [2.24, 2.45) is 10.9 Å². The molecule has 0 spiro atoms.